The molecule has 0 amide bonds. The largest absolute Gasteiger partial charge is 0.493 e. The number of aryl methyl sites for hydroxylation is 1. The molecule has 2 heterocycles. The van der Waals surface area contributed by atoms with Gasteiger partial charge in [0.15, 0.2) is 17.1 Å². The highest BCUT2D eigenvalue weighted by molar-refractivity contribution is 5.71. The summed E-state index contributed by atoms with van der Waals surface area (Å²) in [6.45, 7) is 0. The number of benzene rings is 1. The molecule has 7 heteroatoms. The molecule has 3 aromatic rings. The summed E-state index contributed by atoms with van der Waals surface area (Å²) in [6.07, 6.45) is 3.78. The molecule has 0 saturated carbocycles. The van der Waals surface area contributed by atoms with Crippen molar-refractivity contribution in [1.82, 2.24) is 14.6 Å². The van der Waals surface area contributed by atoms with Gasteiger partial charge in [-0.25, -0.2) is 9.50 Å². The second-order valence-electron chi connectivity index (χ2n) is 6.33. The Morgan fingerprint density at radius 1 is 1.00 bits per heavy atom. The van der Waals surface area contributed by atoms with Gasteiger partial charge in [-0.05, 0) is 37.8 Å². The van der Waals surface area contributed by atoms with Crippen molar-refractivity contribution in [3.8, 4) is 28.5 Å². The maximum absolute atomic E-state index is 12.8. The topological polar surface area (TPSA) is 77.8 Å². The Bertz CT molecular complexity index is 1010. The summed E-state index contributed by atoms with van der Waals surface area (Å²) in [5, 5.41) is 3.16. The van der Waals surface area contributed by atoms with Gasteiger partial charge < -0.3 is 14.2 Å². The fourth-order valence-corrected chi connectivity index (χ4v) is 3.54. The van der Waals surface area contributed by atoms with Crippen LogP contribution in [0.4, 0.5) is 0 Å². The molecule has 0 fully saturated rings. The summed E-state index contributed by atoms with van der Waals surface area (Å²) in [5.74, 6) is 1.64. The second kappa shape index (κ2) is 6.40. The number of ether oxygens (including phenoxy) is 3. The molecular weight excluding hydrogens is 334 g/mol. The Balaban J connectivity index is 1.90. The molecular formula is C19H21N3O4. The highest BCUT2D eigenvalue weighted by atomic mass is 16.5. The summed E-state index contributed by atoms with van der Waals surface area (Å²) >= 11 is 0. The van der Waals surface area contributed by atoms with E-state index in [0.29, 0.717) is 22.9 Å². The molecule has 0 atom stereocenters. The van der Waals surface area contributed by atoms with Crippen LogP contribution >= 0.6 is 0 Å². The van der Waals surface area contributed by atoms with Gasteiger partial charge in [0.05, 0.1) is 32.7 Å². The predicted molar refractivity (Wildman–Crippen MR) is 97.5 cm³/mol. The van der Waals surface area contributed by atoms with Crippen LogP contribution < -0.4 is 19.8 Å². The van der Waals surface area contributed by atoms with Crippen molar-refractivity contribution >= 4 is 5.65 Å². The first-order valence-electron chi connectivity index (χ1n) is 8.60. The van der Waals surface area contributed by atoms with Gasteiger partial charge >= 0.3 is 0 Å². The maximum Gasteiger partial charge on any atom is 0.276 e. The lowest BCUT2D eigenvalue weighted by Crippen LogP contribution is -2.24. The van der Waals surface area contributed by atoms with Crippen molar-refractivity contribution in [3.05, 3.63) is 39.8 Å². The van der Waals surface area contributed by atoms with Gasteiger partial charge in [-0.15, -0.1) is 0 Å². The molecule has 1 N–H and O–H groups in total. The lowest BCUT2D eigenvalue weighted by Gasteiger charge is -2.13. The van der Waals surface area contributed by atoms with Crippen LogP contribution in [0.5, 0.6) is 17.2 Å². The zero-order valence-corrected chi connectivity index (χ0v) is 15.1. The molecule has 0 radical (unpaired) electrons. The van der Waals surface area contributed by atoms with Crippen LogP contribution in [0.15, 0.2) is 23.0 Å². The maximum atomic E-state index is 12.8. The van der Waals surface area contributed by atoms with Crippen LogP contribution in [0.2, 0.25) is 0 Å². The summed E-state index contributed by atoms with van der Waals surface area (Å²) < 4.78 is 17.7. The Morgan fingerprint density at radius 2 is 1.69 bits per heavy atom. The number of rotatable bonds is 4. The summed E-state index contributed by atoms with van der Waals surface area (Å²) in [7, 11) is 4.72. The zero-order chi connectivity index (χ0) is 18.3. The summed E-state index contributed by atoms with van der Waals surface area (Å²) in [6, 6.07) is 5.56. The summed E-state index contributed by atoms with van der Waals surface area (Å²) in [5.41, 5.74) is 3.95. The van der Waals surface area contributed by atoms with E-state index in [4.69, 9.17) is 14.2 Å². The lowest BCUT2D eigenvalue weighted by atomic mass is 9.97. The van der Waals surface area contributed by atoms with E-state index >= 15 is 0 Å². The Labute approximate surface area is 150 Å². The van der Waals surface area contributed by atoms with Crippen LogP contribution in [0.1, 0.15) is 24.1 Å². The van der Waals surface area contributed by atoms with E-state index in [1.165, 1.54) is 4.52 Å². The van der Waals surface area contributed by atoms with Crippen molar-refractivity contribution in [1.29, 1.82) is 0 Å². The van der Waals surface area contributed by atoms with Gasteiger partial charge in [0.25, 0.3) is 5.56 Å². The number of aromatic amines is 1. The molecule has 4 rings (SSSR count). The van der Waals surface area contributed by atoms with Crippen LogP contribution in [-0.2, 0) is 12.8 Å². The van der Waals surface area contributed by atoms with E-state index < -0.39 is 0 Å². The number of aromatic nitrogens is 3. The highest BCUT2D eigenvalue weighted by Crippen LogP contribution is 2.40. The Hall–Kier alpha value is -2.96. The quantitative estimate of drug-likeness (QED) is 0.778. The van der Waals surface area contributed by atoms with Crippen LogP contribution in [-0.4, -0.2) is 35.9 Å². The normalized spacial score (nSPS) is 13.5. The Morgan fingerprint density at radius 3 is 2.35 bits per heavy atom. The van der Waals surface area contributed by atoms with Crippen LogP contribution in [0.3, 0.4) is 0 Å². The average Bonchev–Trinajstić information content (AvgIpc) is 3.11. The minimum absolute atomic E-state index is 0.0107. The van der Waals surface area contributed by atoms with Crippen molar-refractivity contribution in [2.75, 3.05) is 21.3 Å². The molecule has 136 valence electrons. The van der Waals surface area contributed by atoms with E-state index in [2.05, 4.69) is 10.1 Å². The van der Waals surface area contributed by atoms with Crippen molar-refractivity contribution < 1.29 is 14.2 Å². The van der Waals surface area contributed by atoms with Crippen molar-refractivity contribution in [3.63, 3.8) is 0 Å². The molecule has 1 aliphatic rings. The predicted octanol–water partition coefficient (Wildman–Crippen LogP) is 2.59. The molecule has 2 aromatic heterocycles. The first-order chi connectivity index (χ1) is 12.7. The number of hydrogen-bond acceptors (Lipinski definition) is 5. The molecule has 0 bridgehead atoms. The van der Waals surface area contributed by atoms with E-state index in [0.717, 1.165) is 48.2 Å². The standard InChI is InChI=1S/C19H21N3O4/c1-24-15-8-11(9-16(25-2)18(15)26-3)14-10-17-20-13-7-5-4-6-12(13)19(23)22(17)21-14/h8-10,21H,4-7H2,1-3H3. The van der Waals surface area contributed by atoms with Gasteiger partial charge in [-0.1, -0.05) is 0 Å². The van der Waals surface area contributed by atoms with Gasteiger partial charge in [-0.3, -0.25) is 9.89 Å². The van der Waals surface area contributed by atoms with Crippen LogP contribution in [0.25, 0.3) is 16.9 Å². The molecule has 1 aliphatic carbocycles. The number of fused-ring (bicyclic) bond motifs is 2. The van der Waals surface area contributed by atoms with E-state index in [9.17, 15) is 4.79 Å². The molecule has 0 saturated heterocycles. The minimum Gasteiger partial charge on any atom is -0.493 e. The Kier molecular flexibility index (Phi) is 4.06. The molecule has 0 aliphatic heterocycles. The average molecular weight is 355 g/mol. The first-order valence-corrected chi connectivity index (χ1v) is 8.60. The number of H-pyrrole nitrogens is 1. The van der Waals surface area contributed by atoms with Gasteiger partial charge in [-0.2, -0.15) is 0 Å². The van der Waals surface area contributed by atoms with E-state index in [1.807, 2.05) is 18.2 Å². The third-order valence-electron chi connectivity index (χ3n) is 4.86. The molecule has 7 nitrogen and oxygen atoms in total. The molecule has 0 spiro atoms. The third kappa shape index (κ3) is 2.51. The van der Waals surface area contributed by atoms with Crippen molar-refractivity contribution in [2.45, 2.75) is 25.7 Å². The minimum atomic E-state index is -0.0107. The van der Waals surface area contributed by atoms with E-state index in [-0.39, 0.29) is 5.56 Å². The van der Waals surface area contributed by atoms with Crippen molar-refractivity contribution in [2.24, 2.45) is 0 Å². The monoisotopic (exact) mass is 355 g/mol. The lowest BCUT2D eigenvalue weighted by molar-refractivity contribution is 0.324. The third-order valence-corrected chi connectivity index (χ3v) is 4.86. The fraction of sp³-hybridized carbons (Fsp3) is 0.368. The van der Waals surface area contributed by atoms with E-state index in [1.54, 1.807) is 21.3 Å². The van der Waals surface area contributed by atoms with Gasteiger partial charge in [0.1, 0.15) is 0 Å². The highest BCUT2D eigenvalue weighted by Gasteiger charge is 2.19. The zero-order valence-electron chi connectivity index (χ0n) is 15.1. The smallest absolute Gasteiger partial charge is 0.276 e. The number of nitrogens with one attached hydrogen (secondary N) is 1. The molecule has 1 aromatic carbocycles. The SMILES string of the molecule is COc1cc(-c2cc3nc4c(c(=O)n3[nH]2)CCCC4)cc(OC)c1OC. The molecule has 0 unspecified atom stereocenters. The van der Waals surface area contributed by atoms with Gasteiger partial charge in [0.2, 0.25) is 5.75 Å². The first kappa shape index (κ1) is 16.5. The number of hydrogen-bond donors (Lipinski definition) is 1. The molecule has 26 heavy (non-hydrogen) atoms. The number of methoxy groups -OCH3 is 3. The van der Waals surface area contributed by atoms with Crippen LogP contribution in [0, 0.1) is 0 Å². The van der Waals surface area contributed by atoms with Gasteiger partial charge in [0, 0.05) is 17.2 Å². The number of nitrogens with zero attached hydrogens (tertiary/aromatic N) is 2. The fourth-order valence-electron chi connectivity index (χ4n) is 3.54. The summed E-state index contributed by atoms with van der Waals surface area (Å²) in [4.78, 5) is 17.5. The second-order valence-corrected chi connectivity index (χ2v) is 6.33.